The molecule has 0 spiro atoms. The Bertz CT molecular complexity index is 372. The molecule has 0 aromatic heterocycles. The summed E-state index contributed by atoms with van der Waals surface area (Å²) in [7, 11) is 0. The number of hydrogen-bond acceptors (Lipinski definition) is 4. The van der Waals surface area contributed by atoms with Crippen molar-refractivity contribution in [2.75, 3.05) is 19.3 Å². The van der Waals surface area contributed by atoms with Gasteiger partial charge < -0.3 is 15.4 Å². The molecule has 2 saturated carbocycles. The van der Waals surface area contributed by atoms with Crippen LogP contribution in [0.4, 0.5) is 4.79 Å². The van der Waals surface area contributed by atoms with E-state index in [1.165, 1.54) is 38.5 Å². The summed E-state index contributed by atoms with van der Waals surface area (Å²) in [5, 5.41) is 6.73. The Kier molecular flexibility index (Phi) is 6.06. The van der Waals surface area contributed by atoms with Crippen LogP contribution in [0.1, 0.15) is 59.3 Å². The Morgan fingerprint density at radius 3 is 2.55 bits per heavy atom. The lowest BCUT2D eigenvalue weighted by molar-refractivity contribution is 0.0517. The van der Waals surface area contributed by atoms with Crippen molar-refractivity contribution in [3.63, 3.8) is 0 Å². The van der Waals surface area contributed by atoms with Gasteiger partial charge in [0.2, 0.25) is 0 Å². The molecule has 0 saturated heterocycles. The van der Waals surface area contributed by atoms with Crippen LogP contribution in [-0.4, -0.2) is 41.8 Å². The zero-order valence-electron chi connectivity index (χ0n) is 14.5. The molecule has 2 atom stereocenters. The second-order valence-electron chi connectivity index (χ2n) is 7.80. The SMILES string of the molecule is CSC1(CNC2CCCC2CNC(=O)OC(C)(C)C)CCC1. The minimum atomic E-state index is -0.424. The van der Waals surface area contributed by atoms with E-state index in [-0.39, 0.29) is 6.09 Å². The summed E-state index contributed by atoms with van der Waals surface area (Å²) >= 11 is 2.02. The van der Waals surface area contributed by atoms with Gasteiger partial charge in [-0.3, -0.25) is 0 Å². The molecule has 0 aliphatic heterocycles. The van der Waals surface area contributed by atoms with Crippen molar-refractivity contribution < 1.29 is 9.53 Å². The van der Waals surface area contributed by atoms with Crippen LogP contribution in [0.3, 0.4) is 0 Å². The first-order chi connectivity index (χ1) is 10.3. The summed E-state index contributed by atoms with van der Waals surface area (Å²) < 4.78 is 5.80. The van der Waals surface area contributed by atoms with Crippen molar-refractivity contribution in [3.8, 4) is 0 Å². The Morgan fingerprint density at radius 1 is 1.27 bits per heavy atom. The van der Waals surface area contributed by atoms with Gasteiger partial charge in [0.1, 0.15) is 5.60 Å². The van der Waals surface area contributed by atoms with E-state index in [9.17, 15) is 4.79 Å². The zero-order chi connectivity index (χ0) is 16.2. The summed E-state index contributed by atoms with van der Waals surface area (Å²) in [4.78, 5) is 11.8. The maximum atomic E-state index is 11.8. The second kappa shape index (κ2) is 7.43. The van der Waals surface area contributed by atoms with Crippen LogP contribution in [0.5, 0.6) is 0 Å². The smallest absolute Gasteiger partial charge is 0.407 e. The van der Waals surface area contributed by atoms with Crippen molar-refractivity contribution in [1.29, 1.82) is 0 Å². The van der Waals surface area contributed by atoms with E-state index in [1.54, 1.807) is 0 Å². The Morgan fingerprint density at radius 2 is 2.00 bits per heavy atom. The molecule has 0 radical (unpaired) electrons. The van der Waals surface area contributed by atoms with Crippen LogP contribution < -0.4 is 10.6 Å². The lowest BCUT2D eigenvalue weighted by atomic mass is 9.84. The third-order valence-electron chi connectivity index (χ3n) is 4.95. The van der Waals surface area contributed by atoms with Gasteiger partial charge in [0.05, 0.1) is 0 Å². The molecule has 2 N–H and O–H groups in total. The number of rotatable bonds is 6. The van der Waals surface area contributed by atoms with Crippen molar-refractivity contribution in [2.45, 2.75) is 75.7 Å². The lowest BCUT2D eigenvalue weighted by Gasteiger charge is -2.41. The van der Waals surface area contributed by atoms with Crippen LogP contribution in [0, 0.1) is 5.92 Å². The van der Waals surface area contributed by atoms with Crippen LogP contribution in [0.2, 0.25) is 0 Å². The molecule has 4 nitrogen and oxygen atoms in total. The Labute approximate surface area is 139 Å². The minimum absolute atomic E-state index is 0.294. The predicted octanol–water partition coefficient (Wildman–Crippen LogP) is 3.56. The highest BCUT2D eigenvalue weighted by atomic mass is 32.2. The largest absolute Gasteiger partial charge is 0.444 e. The fourth-order valence-electron chi connectivity index (χ4n) is 3.42. The molecule has 0 heterocycles. The molecule has 2 unspecified atom stereocenters. The van der Waals surface area contributed by atoms with E-state index in [4.69, 9.17) is 4.74 Å². The molecule has 1 amide bonds. The summed E-state index contributed by atoms with van der Waals surface area (Å²) in [5.41, 5.74) is -0.424. The van der Waals surface area contributed by atoms with Gasteiger partial charge in [0.15, 0.2) is 0 Å². The Hall–Kier alpha value is -0.420. The lowest BCUT2D eigenvalue weighted by Crippen LogP contribution is -2.49. The number of nitrogens with one attached hydrogen (secondary N) is 2. The Balaban J connectivity index is 1.72. The summed E-state index contributed by atoms with van der Waals surface area (Å²) in [6.45, 7) is 7.52. The van der Waals surface area contributed by atoms with Gasteiger partial charge in [-0.15, -0.1) is 0 Å². The molecule has 2 aliphatic carbocycles. The van der Waals surface area contributed by atoms with Gasteiger partial charge in [0.25, 0.3) is 0 Å². The fourth-order valence-corrected chi connectivity index (χ4v) is 4.34. The summed E-state index contributed by atoms with van der Waals surface area (Å²) in [6.07, 6.45) is 9.67. The molecular formula is C17H32N2O2S. The second-order valence-corrected chi connectivity index (χ2v) is 9.08. The van der Waals surface area contributed by atoms with Crippen molar-refractivity contribution >= 4 is 17.9 Å². The third-order valence-corrected chi connectivity index (χ3v) is 6.37. The average Bonchev–Trinajstić information content (AvgIpc) is 2.81. The van der Waals surface area contributed by atoms with Crippen LogP contribution in [0.25, 0.3) is 0 Å². The molecule has 128 valence electrons. The zero-order valence-corrected chi connectivity index (χ0v) is 15.4. The average molecular weight is 329 g/mol. The number of carbonyl (C=O) groups excluding carboxylic acids is 1. The van der Waals surface area contributed by atoms with Gasteiger partial charge in [-0.25, -0.2) is 4.79 Å². The molecule has 22 heavy (non-hydrogen) atoms. The molecule has 2 rings (SSSR count). The topological polar surface area (TPSA) is 50.4 Å². The van der Waals surface area contributed by atoms with Gasteiger partial charge in [-0.2, -0.15) is 11.8 Å². The van der Waals surface area contributed by atoms with Crippen molar-refractivity contribution in [3.05, 3.63) is 0 Å². The van der Waals surface area contributed by atoms with Gasteiger partial charge in [-0.05, 0) is 58.6 Å². The first kappa shape index (κ1) is 17.9. The first-order valence-electron chi connectivity index (χ1n) is 8.59. The highest BCUT2D eigenvalue weighted by molar-refractivity contribution is 8.00. The van der Waals surface area contributed by atoms with Gasteiger partial charge >= 0.3 is 6.09 Å². The fraction of sp³-hybridized carbons (Fsp3) is 0.941. The van der Waals surface area contributed by atoms with E-state index >= 15 is 0 Å². The number of ether oxygens (including phenoxy) is 1. The van der Waals surface area contributed by atoms with Crippen molar-refractivity contribution in [1.82, 2.24) is 10.6 Å². The molecule has 0 aromatic carbocycles. The number of alkyl carbamates (subject to hydrolysis) is 1. The van der Waals surface area contributed by atoms with E-state index < -0.39 is 5.60 Å². The standard InChI is InChI=1S/C17H32N2O2S/c1-16(2,3)21-15(20)18-11-13-7-5-8-14(13)19-12-17(22-4)9-6-10-17/h13-14,19H,5-12H2,1-4H3,(H,18,20). The molecule has 0 bridgehead atoms. The molecule has 0 aromatic rings. The quantitative estimate of drug-likeness (QED) is 0.783. The monoisotopic (exact) mass is 328 g/mol. The van der Waals surface area contributed by atoms with Gasteiger partial charge in [0, 0.05) is 23.9 Å². The number of hydrogen-bond donors (Lipinski definition) is 2. The van der Waals surface area contributed by atoms with E-state index in [1.807, 2.05) is 32.5 Å². The van der Waals surface area contributed by atoms with Crippen LogP contribution in [-0.2, 0) is 4.74 Å². The van der Waals surface area contributed by atoms with Crippen molar-refractivity contribution in [2.24, 2.45) is 5.92 Å². The van der Waals surface area contributed by atoms with E-state index in [0.717, 1.165) is 13.1 Å². The maximum Gasteiger partial charge on any atom is 0.407 e. The maximum absolute atomic E-state index is 11.8. The minimum Gasteiger partial charge on any atom is -0.444 e. The summed E-state index contributed by atoms with van der Waals surface area (Å²) in [6, 6.07) is 0.541. The van der Waals surface area contributed by atoms with E-state index in [0.29, 0.717) is 16.7 Å². The number of thioether (sulfide) groups is 1. The molecule has 5 heteroatoms. The highest BCUT2D eigenvalue weighted by Gasteiger charge is 2.37. The number of carbonyl (C=O) groups is 1. The third kappa shape index (κ3) is 5.05. The summed E-state index contributed by atoms with van der Waals surface area (Å²) in [5.74, 6) is 0.534. The first-order valence-corrected chi connectivity index (χ1v) is 9.81. The van der Waals surface area contributed by atoms with Crippen LogP contribution in [0.15, 0.2) is 0 Å². The number of amides is 1. The molecule has 2 aliphatic rings. The van der Waals surface area contributed by atoms with E-state index in [2.05, 4.69) is 16.9 Å². The van der Waals surface area contributed by atoms with Crippen LogP contribution >= 0.6 is 11.8 Å². The van der Waals surface area contributed by atoms with Gasteiger partial charge in [-0.1, -0.05) is 12.8 Å². The normalized spacial score (nSPS) is 27.3. The molecule has 2 fully saturated rings. The predicted molar refractivity (Wildman–Crippen MR) is 93.5 cm³/mol. The highest BCUT2D eigenvalue weighted by Crippen LogP contribution is 2.42. The molecular weight excluding hydrogens is 296 g/mol.